The van der Waals surface area contributed by atoms with E-state index in [0.29, 0.717) is 6.61 Å². The molecule has 0 amide bonds. The molecule has 2 nitrogen and oxygen atoms in total. The fourth-order valence-corrected chi connectivity index (χ4v) is 3.32. The molecule has 0 radical (unpaired) electrons. The highest BCUT2D eigenvalue weighted by Gasteiger charge is 2.12. The van der Waals surface area contributed by atoms with Crippen molar-refractivity contribution in [3.8, 4) is 0 Å². The van der Waals surface area contributed by atoms with E-state index in [1.807, 2.05) is 6.07 Å². The third-order valence-electron chi connectivity index (χ3n) is 2.62. The SMILES string of the molecule is I/C(=C\COC1CCCCO1)Sc1ccccc1. The average Bonchev–Trinajstić information content (AvgIpc) is 2.41. The molecule has 18 heavy (non-hydrogen) atoms. The van der Waals surface area contributed by atoms with Crippen LogP contribution in [0.3, 0.4) is 0 Å². The third kappa shape index (κ3) is 5.30. The molecule has 1 aliphatic rings. The summed E-state index contributed by atoms with van der Waals surface area (Å²) in [5.74, 6) is 0. The molecule has 1 saturated heterocycles. The number of benzene rings is 1. The lowest BCUT2D eigenvalue weighted by Gasteiger charge is -2.21. The first kappa shape index (κ1) is 14.4. The van der Waals surface area contributed by atoms with E-state index in [2.05, 4.69) is 52.9 Å². The Hall–Kier alpha value is -0.0400. The second-order valence-electron chi connectivity index (χ2n) is 4.05. The number of ether oxygens (including phenoxy) is 2. The normalized spacial score (nSPS) is 20.9. The van der Waals surface area contributed by atoms with Gasteiger partial charge in [-0.05, 0) is 60.1 Å². The molecule has 1 aliphatic heterocycles. The van der Waals surface area contributed by atoms with E-state index in [-0.39, 0.29) is 6.29 Å². The van der Waals surface area contributed by atoms with Gasteiger partial charge >= 0.3 is 0 Å². The van der Waals surface area contributed by atoms with E-state index in [4.69, 9.17) is 9.47 Å². The molecule has 98 valence electrons. The Kier molecular flexibility index (Phi) is 6.54. The topological polar surface area (TPSA) is 18.5 Å². The molecule has 0 aromatic heterocycles. The van der Waals surface area contributed by atoms with Gasteiger partial charge in [0, 0.05) is 14.4 Å². The van der Waals surface area contributed by atoms with Crippen LogP contribution in [-0.4, -0.2) is 19.5 Å². The minimum Gasteiger partial charge on any atom is -0.353 e. The quantitative estimate of drug-likeness (QED) is 0.553. The zero-order valence-corrected chi connectivity index (χ0v) is 13.2. The van der Waals surface area contributed by atoms with E-state index in [0.717, 1.165) is 19.4 Å². The Bertz CT molecular complexity index is 375. The highest BCUT2D eigenvalue weighted by molar-refractivity contribution is 14.1. The fraction of sp³-hybridized carbons (Fsp3) is 0.429. The summed E-state index contributed by atoms with van der Waals surface area (Å²) < 4.78 is 12.4. The van der Waals surface area contributed by atoms with Gasteiger partial charge in [0.1, 0.15) is 0 Å². The number of hydrogen-bond acceptors (Lipinski definition) is 3. The van der Waals surface area contributed by atoms with Crippen molar-refractivity contribution in [3.63, 3.8) is 0 Å². The monoisotopic (exact) mass is 376 g/mol. The van der Waals surface area contributed by atoms with E-state index in [1.54, 1.807) is 11.8 Å². The first-order valence-corrected chi connectivity index (χ1v) is 8.06. The standard InChI is InChI=1S/C14H17IO2S/c15-13(18-12-6-2-1-3-7-12)9-11-17-14-8-4-5-10-16-14/h1-3,6-7,9,14H,4-5,8,10-11H2/b13-9+. The zero-order chi connectivity index (χ0) is 12.6. The van der Waals surface area contributed by atoms with Crippen molar-refractivity contribution in [2.45, 2.75) is 30.4 Å². The predicted molar refractivity (Wildman–Crippen MR) is 83.9 cm³/mol. The Morgan fingerprint density at radius 1 is 1.39 bits per heavy atom. The minimum absolute atomic E-state index is 0.000857. The summed E-state index contributed by atoms with van der Waals surface area (Å²) in [6.45, 7) is 1.47. The molecule has 4 heteroatoms. The maximum Gasteiger partial charge on any atom is 0.157 e. The first-order valence-electron chi connectivity index (χ1n) is 6.16. The molecule has 2 rings (SSSR count). The summed E-state index contributed by atoms with van der Waals surface area (Å²) in [7, 11) is 0. The summed E-state index contributed by atoms with van der Waals surface area (Å²) in [6.07, 6.45) is 5.51. The molecule has 1 aromatic rings. The van der Waals surface area contributed by atoms with Crippen LogP contribution < -0.4 is 0 Å². The van der Waals surface area contributed by atoms with Gasteiger partial charge in [-0.15, -0.1) is 0 Å². The van der Waals surface area contributed by atoms with E-state index < -0.39 is 0 Å². The second kappa shape index (κ2) is 8.19. The van der Waals surface area contributed by atoms with E-state index in [1.165, 1.54) is 14.2 Å². The Labute approximate surface area is 126 Å². The molecule has 1 fully saturated rings. The average molecular weight is 376 g/mol. The van der Waals surface area contributed by atoms with Crippen molar-refractivity contribution in [2.75, 3.05) is 13.2 Å². The van der Waals surface area contributed by atoms with Crippen LogP contribution in [0, 0.1) is 0 Å². The maximum atomic E-state index is 5.67. The van der Waals surface area contributed by atoms with E-state index >= 15 is 0 Å². The minimum atomic E-state index is 0.000857. The molecule has 0 bridgehead atoms. The molecule has 1 unspecified atom stereocenters. The summed E-state index contributed by atoms with van der Waals surface area (Å²) >= 11 is 4.10. The molecule has 0 aliphatic carbocycles. The lowest BCUT2D eigenvalue weighted by Crippen LogP contribution is -2.22. The summed E-state index contributed by atoms with van der Waals surface area (Å²) in [6, 6.07) is 10.4. The molecule has 1 aromatic carbocycles. The van der Waals surface area contributed by atoms with Gasteiger partial charge in [-0.1, -0.05) is 30.0 Å². The Balaban J connectivity index is 1.71. The fourth-order valence-electron chi connectivity index (χ4n) is 1.71. The molecular formula is C14H17IO2S. The predicted octanol–water partition coefficient (Wildman–Crippen LogP) is 4.60. The van der Waals surface area contributed by atoms with Gasteiger partial charge in [0.2, 0.25) is 0 Å². The summed E-state index contributed by atoms with van der Waals surface area (Å²) in [4.78, 5) is 1.26. The highest BCUT2D eigenvalue weighted by Crippen LogP contribution is 2.30. The van der Waals surface area contributed by atoms with Gasteiger partial charge in [0.05, 0.1) is 6.61 Å². The van der Waals surface area contributed by atoms with Gasteiger partial charge < -0.3 is 9.47 Å². The van der Waals surface area contributed by atoms with E-state index in [9.17, 15) is 0 Å². The van der Waals surface area contributed by atoms with Crippen LogP contribution in [0.15, 0.2) is 44.2 Å². The molecule has 0 saturated carbocycles. The van der Waals surface area contributed by atoms with Crippen LogP contribution in [0.1, 0.15) is 19.3 Å². The summed E-state index contributed by atoms with van der Waals surface area (Å²) in [5.41, 5.74) is 0. The summed E-state index contributed by atoms with van der Waals surface area (Å²) in [5, 5.41) is 0. The van der Waals surface area contributed by atoms with Gasteiger partial charge in [-0.2, -0.15) is 0 Å². The largest absolute Gasteiger partial charge is 0.353 e. The van der Waals surface area contributed by atoms with Crippen molar-refractivity contribution >= 4 is 34.4 Å². The molecular weight excluding hydrogens is 359 g/mol. The zero-order valence-electron chi connectivity index (χ0n) is 10.2. The third-order valence-corrected chi connectivity index (χ3v) is 4.59. The molecule has 1 heterocycles. The first-order chi connectivity index (χ1) is 8.84. The van der Waals surface area contributed by atoms with Crippen molar-refractivity contribution in [1.82, 2.24) is 0 Å². The number of thioether (sulfide) groups is 1. The highest BCUT2D eigenvalue weighted by atomic mass is 127. The van der Waals surface area contributed by atoms with Crippen molar-refractivity contribution in [3.05, 3.63) is 39.3 Å². The second-order valence-corrected chi connectivity index (χ2v) is 7.06. The molecule has 1 atom stereocenters. The van der Waals surface area contributed by atoms with Crippen LogP contribution in [0.2, 0.25) is 0 Å². The van der Waals surface area contributed by atoms with Gasteiger partial charge in [0.25, 0.3) is 0 Å². The lowest BCUT2D eigenvalue weighted by molar-refractivity contribution is -0.155. The molecule has 0 N–H and O–H groups in total. The van der Waals surface area contributed by atoms with Crippen LogP contribution in [-0.2, 0) is 9.47 Å². The van der Waals surface area contributed by atoms with Crippen molar-refractivity contribution in [1.29, 1.82) is 0 Å². The van der Waals surface area contributed by atoms with Crippen molar-refractivity contribution in [2.24, 2.45) is 0 Å². The van der Waals surface area contributed by atoms with Crippen LogP contribution in [0.5, 0.6) is 0 Å². The van der Waals surface area contributed by atoms with Gasteiger partial charge in [-0.3, -0.25) is 0 Å². The van der Waals surface area contributed by atoms with Gasteiger partial charge in [0.15, 0.2) is 6.29 Å². The Morgan fingerprint density at radius 2 is 2.22 bits per heavy atom. The Morgan fingerprint density at radius 3 is 2.94 bits per heavy atom. The maximum absolute atomic E-state index is 5.67. The smallest absolute Gasteiger partial charge is 0.157 e. The van der Waals surface area contributed by atoms with Crippen LogP contribution in [0.25, 0.3) is 0 Å². The lowest BCUT2D eigenvalue weighted by atomic mass is 10.2. The van der Waals surface area contributed by atoms with Crippen molar-refractivity contribution < 1.29 is 9.47 Å². The van der Waals surface area contributed by atoms with Gasteiger partial charge in [-0.25, -0.2) is 0 Å². The van der Waals surface area contributed by atoms with Crippen LogP contribution >= 0.6 is 34.4 Å². The number of hydrogen-bond donors (Lipinski definition) is 0. The number of halogens is 1. The number of rotatable bonds is 5. The molecule has 0 spiro atoms. The van der Waals surface area contributed by atoms with Crippen LogP contribution in [0.4, 0.5) is 0 Å².